The molecule has 0 aliphatic rings. The van der Waals surface area contributed by atoms with Crippen molar-refractivity contribution in [2.45, 2.75) is 25.9 Å². The monoisotopic (exact) mass is 322 g/mol. The summed E-state index contributed by atoms with van der Waals surface area (Å²) in [5, 5.41) is 10.6. The van der Waals surface area contributed by atoms with Crippen LogP contribution >= 0.6 is 15.9 Å². The van der Waals surface area contributed by atoms with Crippen LogP contribution in [0, 0.1) is 12.7 Å². The van der Waals surface area contributed by atoms with E-state index in [0.29, 0.717) is 17.5 Å². The van der Waals surface area contributed by atoms with Gasteiger partial charge in [0.1, 0.15) is 5.82 Å². The van der Waals surface area contributed by atoms with Gasteiger partial charge in [0.15, 0.2) is 0 Å². The normalized spacial score (nSPS) is 14.2. The standard InChI is InChI=1S/C16H16BrFO/c1-11-6-7-13(9-15(11)18)16(2,19)10-12-4-3-5-14(17)8-12/h3-9,19H,10H2,1-2H3. The fourth-order valence-electron chi connectivity index (χ4n) is 2.07. The summed E-state index contributed by atoms with van der Waals surface area (Å²) in [5.74, 6) is -0.285. The molecule has 0 heterocycles. The molecule has 0 bridgehead atoms. The maximum absolute atomic E-state index is 13.6. The van der Waals surface area contributed by atoms with E-state index in [1.165, 1.54) is 6.07 Å². The first-order valence-electron chi connectivity index (χ1n) is 6.12. The Labute approximate surface area is 121 Å². The van der Waals surface area contributed by atoms with E-state index < -0.39 is 5.60 Å². The maximum Gasteiger partial charge on any atom is 0.126 e. The quantitative estimate of drug-likeness (QED) is 0.890. The van der Waals surface area contributed by atoms with Gasteiger partial charge in [-0.3, -0.25) is 0 Å². The molecule has 100 valence electrons. The summed E-state index contributed by atoms with van der Waals surface area (Å²) in [5.41, 5.74) is 1.09. The highest BCUT2D eigenvalue weighted by Crippen LogP contribution is 2.27. The second-order valence-electron chi connectivity index (χ2n) is 5.04. The molecule has 1 N–H and O–H groups in total. The van der Waals surface area contributed by atoms with Crippen LogP contribution in [0.25, 0.3) is 0 Å². The van der Waals surface area contributed by atoms with E-state index >= 15 is 0 Å². The van der Waals surface area contributed by atoms with Gasteiger partial charge in [0.25, 0.3) is 0 Å². The van der Waals surface area contributed by atoms with Crippen molar-refractivity contribution in [2.75, 3.05) is 0 Å². The number of hydrogen-bond acceptors (Lipinski definition) is 1. The molecule has 2 rings (SSSR count). The van der Waals surface area contributed by atoms with E-state index in [9.17, 15) is 9.50 Å². The molecule has 0 aromatic heterocycles. The zero-order valence-corrected chi connectivity index (χ0v) is 12.5. The van der Waals surface area contributed by atoms with Gasteiger partial charge in [-0.05, 0) is 48.7 Å². The molecule has 0 amide bonds. The molecule has 0 saturated carbocycles. The fourth-order valence-corrected chi connectivity index (χ4v) is 2.52. The first-order chi connectivity index (χ1) is 8.88. The SMILES string of the molecule is Cc1ccc(C(C)(O)Cc2cccc(Br)c2)cc1F. The summed E-state index contributed by atoms with van der Waals surface area (Å²) in [6, 6.07) is 12.6. The average molecular weight is 323 g/mol. The zero-order chi connectivity index (χ0) is 14.0. The van der Waals surface area contributed by atoms with Crippen LogP contribution in [0.4, 0.5) is 4.39 Å². The average Bonchev–Trinajstić information content (AvgIpc) is 2.32. The number of hydrogen-bond donors (Lipinski definition) is 1. The van der Waals surface area contributed by atoms with Gasteiger partial charge in [0, 0.05) is 10.9 Å². The van der Waals surface area contributed by atoms with Gasteiger partial charge >= 0.3 is 0 Å². The fraction of sp³-hybridized carbons (Fsp3) is 0.250. The van der Waals surface area contributed by atoms with Gasteiger partial charge < -0.3 is 5.11 Å². The molecule has 0 spiro atoms. The Morgan fingerprint density at radius 3 is 2.58 bits per heavy atom. The third-order valence-corrected chi connectivity index (χ3v) is 3.72. The molecule has 0 aliphatic carbocycles. The van der Waals surface area contributed by atoms with Crippen LogP contribution in [0.3, 0.4) is 0 Å². The summed E-state index contributed by atoms with van der Waals surface area (Å²) in [7, 11) is 0. The second kappa shape index (κ2) is 5.43. The van der Waals surface area contributed by atoms with Crippen molar-refractivity contribution < 1.29 is 9.50 Å². The van der Waals surface area contributed by atoms with Crippen molar-refractivity contribution >= 4 is 15.9 Å². The van der Waals surface area contributed by atoms with E-state index in [1.54, 1.807) is 26.0 Å². The second-order valence-corrected chi connectivity index (χ2v) is 5.96. The maximum atomic E-state index is 13.6. The molecule has 1 unspecified atom stereocenters. The van der Waals surface area contributed by atoms with Gasteiger partial charge in [0.2, 0.25) is 0 Å². The summed E-state index contributed by atoms with van der Waals surface area (Å²) in [6.45, 7) is 3.42. The van der Waals surface area contributed by atoms with Crippen molar-refractivity contribution in [3.8, 4) is 0 Å². The van der Waals surface area contributed by atoms with E-state index in [4.69, 9.17) is 0 Å². The Morgan fingerprint density at radius 1 is 1.21 bits per heavy atom. The van der Waals surface area contributed by atoms with Crippen LogP contribution in [0.2, 0.25) is 0 Å². The van der Waals surface area contributed by atoms with Crippen LogP contribution in [-0.2, 0) is 12.0 Å². The van der Waals surface area contributed by atoms with E-state index in [2.05, 4.69) is 15.9 Å². The summed E-state index contributed by atoms with van der Waals surface area (Å²) < 4.78 is 14.6. The molecule has 1 atom stereocenters. The van der Waals surface area contributed by atoms with Crippen molar-refractivity contribution in [3.05, 3.63) is 69.4 Å². The van der Waals surface area contributed by atoms with Crippen LogP contribution in [-0.4, -0.2) is 5.11 Å². The third kappa shape index (κ3) is 3.43. The number of benzene rings is 2. The molecule has 0 saturated heterocycles. The summed E-state index contributed by atoms with van der Waals surface area (Å²) >= 11 is 3.41. The van der Waals surface area contributed by atoms with Crippen LogP contribution in [0.5, 0.6) is 0 Å². The molecular formula is C16H16BrFO. The first-order valence-corrected chi connectivity index (χ1v) is 6.91. The number of aryl methyl sites for hydroxylation is 1. The summed E-state index contributed by atoms with van der Waals surface area (Å²) in [4.78, 5) is 0. The molecule has 0 radical (unpaired) electrons. The minimum absolute atomic E-state index is 0.285. The topological polar surface area (TPSA) is 20.2 Å². The van der Waals surface area contributed by atoms with Gasteiger partial charge in [-0.2, -0.15) is 0 Å². The van der Waals surface area contributed by atoms with Crippen molar-refractivity contribution in [1.82, 2.24) is 0 Å². The van der Waals surface area contributed by atoms with E-state index in [-0.39, 0.29) is 5.82 Å². The van der Waals surface area contributed by atoms with Gasteiger partial charge in [-0.15, -0.1) is 0 Å². The number of halogens is 2. The van der Waals surface area contributed by atoms with E-state index in [0.717, 1.165) is 10.0 Å². The first kappa shape index (κ1) is 14.2. The Morgan fingerprint density at radius 2 is 1.95 bits per heavy atom. The largest absolute Gasteiger partial charge is 0.385 e. The van der Waals surface area contributed by atoms with Gasteiger partial charge in [-0.1, -0.05) is 40.2 Å². The predicted molar refractivity (Wildman–Crippen MR) is 78.6 cm³/mol. The van der Waals surface area contributed by atoms with Crippen molar-refractivity contribution in [3.63, 3.8) is 0 Å². The minimum Gasteiger partial charge on any atom is -0.385 e. The lowest BCUT2D eigenvalue weighted by Crippen LogP contribution is -2.24. The lowest BCUT2D eigenvalue weighted by atomic mass is 9.88. The predicted octanol–water partition coefficient (Wildman–Crippen LogP) is 4.35. The summed E-state index contributed by atoms with van der Waals surface area (Å²) in [6.07, 6.45) is 0.439. The van der Waals surface area contributed by atoms with Crippen LogP contribution in [0.1, 0.15) is 23.6 Å². The van der Waals surface area contributed by atoms with Crippen LogP contribution in [0.15, 0.2) is 46.9 Å². The third-order valence-electron chi connectivity index (χ3n) is 3.23. The van der Waals surface area contributed by atoms with Crippen LogP contribution < -0.4 is 0 Å². The number of rotatable bonds is 3. The minimum atomic E-state index is -1.09. The van der Waals surface area contributed by atoms with Crippen molar-refractivity contribution in [1.29, 1.82) is 0 Å². The highest BCUT2D eigenvalue weighted by molar-refractivity contribution is 9.10. The lowest BCUT2D eigenvalue weighted by Gasteiger charge is -2.24. The Kier molecular flexibility index (Phi) is 4.07. The molecule has 19 heavy (non-hydrogen) atoms. The molecule has 3 heteroatoms. The molecule has 0 fully saturated rings. The van der Waals surface area contributed by atoms with E-state index in [1.807, 2.05) is 24.3 Å². The van der Waals surface area contributed by atoms with Crippen molar-refractivity contribution in [2.24, 2.45) is 0 Å². The van der Waals surface area contributed by atoms with Gasteiger partial charge in [-0.25, -0.2) is 4.39 Å². The zero-order valence-electron chi connectivity index (χ0n) is 11.0. The Bertz CT molecular complexity index is 593. The number of aliphatic hydroxyl groups is 1. The highest BCUT2D eigenvalue weighted by Gasteiger charge is 2.24. The molecule has 0 aliphatic heterocycles. The molecule has 2 aromatic rings. The lowest BCUT2D eigenvalue weighted by molar-refractivity contribution is 0.0572. The smallest absolute Gasteiger partial charge is 0.126 e. The Balaban J connectivity index is 2.29. The molecule has 1 nitrogen and oxygen atoms in total. The highest BCUT2D eigenvalue weighted by atomic mass is 79.9. The Hall–Kier alpha value is -1.19. The molecular weight excluding hydrogens is 307 g/mol. The van der Waals surface area contributed by atoms with Gasteiger partial charge in [0.05, 0.1) is 5.60 Å². The molecule has 2 aromatic carbocycles.